The van der Waals surface area contributed by atoms with E-state index in [1.165, 1.54) is 0 Å². The van der Waals surface area contributed by atoms with Crippen molar-refractivity contribution in [3.8, 4) is 0 Å². The Kier molecular flexibility index (Phi) is 8.19. The highest BCUT2D eigenvalue weighted by Crippen LogP contribution is 2.51. The van der Waals surface area contributed by atoms with Gasteiger partial charge in [0.05, 0.1) is 16.5 Å². The van der Waals surface area contributed by atoms with Crippen LogP contribution in [0.25, 0.3) is 16.3 Å². The molecule has 0 saturated heterocycles. The largest absolute Gasteiger partial charge is 0.303 e. The summed E-state index contributed by atoms with van der Waals surface area (Å²) in [5.74, 6) is -0.296. The maximum atomic E-state index is 11.3. The standard InChI is InChI=1S/C28H24Cl2N2O3S3/c1-2-19(15-27-31(13-6-14-38(33,34)35)23-17-20(29)9-11-25(23)36-27)16-28-32(22-7-4-3-5-8-22)24-18-21(30)10-12-26(24)37-28/h3-5,7-12,15-18H,2,6,13-14H2,1H3/p+1. The van der Waals surface area contributed by atoms with Gasteiger partial charge in [-0.05, 0) is 60.5 Å². The molecule has 1 aliphatic rings. The van der Waals surface area contributed by atoms with Crippen molar-refractivity contribution in [2.24, 2.45) is 0 Å². The van der Waals surface area contributed by atoms with Gasteiger partial charge in [0.25, 0.3) is 15.1 Å². The summed E-state index contributed by atoms with van der Waals surface area (Å²) in [7, 11) is -4.04. The van der Waals surface area contributed by atoms with E-state index in [2.05, 4.69) is 40.7 Å². The third-order valence-electron chi connectivity index (χ3n) is 6.11. The number of fused-ring (bicyclic) bond motifs is 2. The first-order valence-electron chi connectivity index (χ1n) is 12.0. The minimum Gasteiger partial charge on any atom is -0.303 e. The number of aromatic nitrogens is 1. The molecule has 0 bridgehead atoms. The number of benzene rings is 3. The van der Waals surface area contributed by atoms with Crippen LogP contribution < -0.4 is 9.47 Å². The van der Waals surface area contributed by atoms with Gasteiger partial charge in [0, 0.05) is 39.2 Å². The Morgan fingerprint density at radius 1 is 1.05 bits per heavy atom. The molecule has 0 fully saturated rings. The summed E-state index contributed by atoms with van der Waals surface area (Å²) >= 11 is 16.0. The number of hydrogen-bond acceptors (Lipinski definition) is 5. The normalized spacial score (nSPS) is 15.0. The molecule has 196 valence electrons. The highest BCUT2D eigenvalue weighted by atomic mass is 35.5. The number of rotatable bonds is 8. The van der Waals surface area contributed by atoms with Crippen molar-refractivity contribution in [3.63, 3.8) is 0 Å². The van der Waals surface area contributed by atoms with Gasteiger partial charge in [-0.2, -0.15) is 13.0 Å². The highest BCUT2D eigenvalue weighted by Gasteiger charge is 2.27. The Bertz CT molecular complexity index is 1670. The summed E-state index contributed by atoms with van der Waals surface area (Å²) in [5.41, 5.74) is 4.16. The lowest BCUT2D eigenvalue weighted by Gasteiger charge is -2.21. The van der Waals surface area contributed by atoms with Gasteiger partial charge in [-0.15, -0.1) is 0 Å². The lowest BCUT2D eigenvalue weighted by Crippen LogP contribution is -2.36. The summed E-state index contributed by atoms with van der Waals surface area (Å²) in [6, 6.07) is 21.9. The molecule has 1 aromatic heterocycles. The molecule has 2 heterocycles. The minimum absolute atomic E-state index is 0.291. The van der Waals surface area contributed by atoms with Crippen LogP contribution in [-0.4, -0.2) is 18.7 Å². The predicted octanol–water partition coefficient (Wildman–Crippen LogP) is 8.35. The van der Waals surface area contributed by atoms with Crippen LogP contribution >= 0.6 is 46.3 Å². The van der Waals surface area contributed by atoms with Crippen molar-refractivity contribution in [2.75, 3.05) is 10.7 Å². The van der Waals surface area contributed by atoms with Crippen molar-refractivity contribution in [2.45, 2.75) is 31.2 Å². The Balaban J connectivity index is 1.57. The Morgan fingerprint density at radius 3 is 2.53 bits per heavy atom. The van der Waals surface area contributed by atoms with Crippen LogP contribution in [0.4, 0.5) is 11.4 Å². The van der Waals surface area contributed by atoms with Gasteiger partial charge in [-0.3, -0.25) is 4.55 Å². The SMILES string of the molecule is CCC(=Cc1sc2ccc(Cl)cc2[n+]1CCCS(=O)(=O)O)C=C1Sc2ccc(Cl)cc2N1c1ccccc1. The molecular weight excluding hydrogens is 579 g/mol. The van der Waals surface area contributed by atoms with Crippen molar-refractivity contribution in [3.05, 3.63) is 98.5 Å². The average Bonchev–Trinajstić information content (AvgIpc) is 3.40. The maximum Gasteiger partial charge on any atom is 0.265 e. The van der Waals surface area contributed by atoms with Crippen molar-refractivity contribution < 1.29 is 17.5 Å². The van der Waals surface area contributed by atoms with E-state index < -0.39 is 10.1 Å². The second-order valence-corrected chi connectivity index (χ2v) is 13.4. The summed E-state index contributed by atoms with van der Waals surface area (Å²) < 4.78 is 35.0. The van der Waals surface area contributed by atoms with E-state index in [0.717, 1.165) is 48.5 Å². The second kappa shape index (κ2) is 11.4. The first-order chi connectivity index (χ1) is 18.2. The van der Waals surface area contributed by atoms with Gasteiger partial charge >= 0.3 is 0 Å². The predicted molar refractivity (Wildman–Crippen MR) is 160 cm³/mol. The van der Waals surface area contributed by atoms with Crippen LogP contribution in [0.2, 0.25) is 10.0 Å². The number of para-hydroxylation sites is 1. The van der Waals surface area contributed by atoms with Crippen molar-refractivity contribution in [1.82, 2.24) is 0 Å². The molecule has 4 aromatic rings. The minimum atomic E-state index is -4.04. The number of halogens is 2. The van der Waals surface area contributed by atoms with Crippen LogP contribution in [0, 0.1) is 0 Å². The monoisotopic (exact) mass is 603 g/mol. The Hall–Kier alpha value is -2.33. The smallest absolute Gasteiger partial charge is 0.265 e. The van der Waals surface area contributed by atoms with Gasteiger partial charge < -0.3 is 4.90 Å². The summed E-state index contributed by atoms with van der Waals surface area (Å²) in [5, 5.41) is 3.36. The average molecular weight is 605 g/mol. The molecule has 1 aliphatic heterocycles. The zero-order chi connectivity index (χ0) is 26.9. The first-order valence-corrected chi connectivity index (χ1v) is 16.0. The Labute approximate surface area is 240 Å². The van der Waals surface area contributed by atoms with E-state index >= 15 is 0 Å². The fraction of sp³-hybridized carbons (Fsp3) is 0.179. The third kappa shape index (κ3) is 6.11. The molecule has 0 unspecified atom stereocenters. The number of allylic oxidation sites excluding steroid dienone is 2. The molecule has 5 nitrogen and oxygen atoms in total. The van der Waals surface area contributed by atoms with E-state index in [0.29, 0.717) is 23.0 Å². The first kappa shape index (κ1) is 27.2. The van der Waals surface area contributed by atoms with Crippen molar-refractivity contribution >= 4 is 84.1 Å². The lowest BCUT2D eigenvalue weighted by molar-refractivity contribution is -0.668. The topological polar surface area (TPSA) is 61.5 Å². The molecule has 0 atom stereocenters. The van der Waals surface area contributed by atoms with Crippen LogP contribution in [0.5, 0.6) is 0 Å². The zero-order valence-corrected chi connectivity index (χ0v) is 24.4. The summed E-state index contributed by atoms with van der Waals surface area (Å²) in [6.07, 6.45) is 5.44. The molecule has 38 heavy (non-hydrogen) atoms. The molecular formula is C28H25Cl2N2O3S3+. The van der Waals surface area contributed by atoms with E-state index in [1.54, 1.807) is 23.1 Å². The molecule has 5 rings (SSSR count). The van der Waals surface area contributed by atoms with E-state index in [1.807, 2.05) is 54.6 Å². The molecule has 0 spiro atoms. The van der Waals surface area contributed by atoms with Gasteiger partial charge in [0.2, 0.25) is 5.52 Å². The van der Waals surface area contributed by atoms with Gasteiger partial charge in [-0.25, -0.2) is 0 Å². The molecule has 1 N–H and O–H groups in total. The Morgan fingerprint density at radius 2 is 1.79 bits per heavy atom. The van der Waals surface area contributed by atoms with Crippen molar-refractivity contribution in [1.29, 1.82) is 0 Å². The maximum absolute atomic E-state index is 11.3. The van der Waals surface area contributed by atoms with E-state index in [9.17, 15) is 13.0 Å². The fourth-order valence-corrected chi connectivity index (χ4v) is 7.44. The fourth-order valence-electron chi connectivity index (χ4n) is 4.35. The van der Waals surface area contributed by atoms with Crippen LogP contribution in [0.1, 0.15) is 24.8 Å². The van der Waals surface area contributed by atoms with Gasteiger partial charge in [0.1, 0.15) is 4.70 Å². The number of thioether (sulfide) groups is 1. The third-order valence-corrected chi connectivity index (χ3v) is 9.58. The highest BCUT2D eigenvalue weighted by molar-refractivity contribution is 8.03. The van der Waals surface area contributed by atoms with E-state index in [4.69, 9.17) is 23.2 Å². The molecule has 3 aromatic carbocycles. The molecule has 0 amide bonds. The number of thiazole rings is 1. The second-order valence-electron chi connectivity index (χ2n) is 8.78. The quantitative estimate of drug-likeness (QED) is 0.162. The lowest BCUT2D eigenvalue weighted by atomic mass is 10.1. The van der Waals surface area contributed by atoms with Crippen LogP contribution in [-0.2, 0) is 16.7 Å². The van der Waals surface area contributed by atoms with Crippen LogP contribution in [0.15, 0.2) is 88.3 Å². The summed E-state index contributed by atoms with van der Waals surface area (Å²) in [4.78, 5) is 3.36. The summed E-state index contributed by atoms with van der Waals surface area (Å²) in [6.45, 7) is 2.56. The number of anilines is 2. The van der Waals surface area contributed by atoms with Gasteiger partial charge in [-0.1, -0.05) is 71.4 Å². The number of nitrogens with zero attached hydrogens (tertiary/aromatic N) is 2. The molecule has 0 radical (unpaired) electrons. The van der Waals surface area contributed by atoms with E-state index in [-0.39, 0.29) is 5.75 Å². The molecule has 0 aliphatic carbocycles. The number of hydrogen-bond donors (Lipinski definition) is 1. The number of aryl methyl sites for hydroxylation is 1. The zero-order valence-electron chi connectivity index (χ0n) is 20.5. The molecule has 10 heteroatoms. The van der Waals surface area contributed by atoms with Crippen LogP contribution in [0.3, 0.4) is 0 Å². The van der Waals surface area contributed by atoms with Gasteiger partial charge in [0.15, 0.2) is 6.54 Å². The molecule has 0 saturated carbocycles.